The normalized spacial score (nSPS) is 10.8. The third-order valence-corrected chi connectivity index (χ3v) is 3.02. The van der Waals surface area contributed by atoms with Crippen LogP contribution in [-0.2, 0) is 11.3 Å². The molecule has 0 radical (unpaired) electrons. The molecular formula is C15H14N4O. The number of methoxy groups -OCH3 is 1. The highest BCUT2D eigenvalue weighted by Crippen LogP contribution is 2.27. The lowest BCUT2D eigenvalue weighted by atomic mass is 10.0. The Morgan fingerprint density at radius 2 is 2.10 bits per heavy atom. The van der Waals surface area contributed by atoms with Gasteiger partial charge in [0.05, 0.1) is 5.69 Å². The molecule has 0 fully saturated rings. The van der Waals surface area contributed by atoms with Crippen LogP contribution < -0.4 is 5.73 Å². The maximum absolute atomic E-state index is 5.85. The Kier molecular flexibility index (Phi) is 3.26. The molecule has 5 heteroatoms. The fourth-order valence-corrected chi connectivity index (χ4v) is 2.20. The van der Waals surface area contributed by atoms with E-state index in [2.05, 4.69) is 15.0 Å². The maximum Gasteiger partial charge on any atom is 0.157 e. The predicted octanol–water partition coefficient (Wildman–Crippen LogP) is 2.42. The molecule has 1 aromatic carbocycles. The first kappa shape index (κ1) is 12.5. The lowest BCUT2D eigenvalue weighted by molar-refractivity contribution is 0.178. The Morgan fingerprint density at radius 1 is 1.20 bits per heavy atom. The van der Waals surface area contributed by atoms with Gasteiger partial charge in [-0.15, -0.1) is 0 Å². The van der Waals surface area contributed by atoms with Crippen LogP contribution in [-0.4, -0.2) is 22.1 Å². The molecule has 0 saturated heterocycles. The van der Waals surface area contributed by atoms with Gasteiger partial charge in [0.25, 0.3) is 0 Å². The van der Waals surface area contributed by atoms with Crippen LogP contribution in [0.5, 0.6) is 0 Å². The van der Waals surface area contributed by atoms with Crippen LogP contribution in [0.25, 0.3) is 22.0 Å². The summed E-state index contributed by atoms with van der Waals surface area (Å²) in [5.41, 5.74) is 7.66. The smallest absolute Gasteiger partial charge is 0.157 e. The van der Waals surface area contributed by atoms with E-state index in [4.69, 9.17) is 10.5 Å². The van der Waals surface area contributed by atoms with Crippen LogP contribution in [0.3, 0.4) is 0 Å². The lowest BCUT2D eigenvalue weighted by Crippen LogP contribution is -2.02. The fraction of sp³-hybridized carbons (Fsp3) is 0.133. The number of nitrogens with two attached hydrogens (primary N) is 1. The first-order valence-corrected chi connectivity index (χ1v) is 6.23. The van der Waals surface area contributed by atoms with E-state index in [-0.39, 0.29) is 0 Å². The number of ether oxygens (including phenoxy) is 1. The number of pyridine rings is 1. The highest BCUT2D eigenvalue weighted by atomic mass is 16.5. The summed E-state index contributed by atoms with van der Waals surface area (Å²) in [5.74, 6) is 1.02. The Labute approximate surface area is 116 Å². The first-order valence-electron chi connectivity index (χ1n) is 6.23. The molecule has 0 bridgehead atoms. The second kappa shape index (κ2) is 5.22. The van der Waals surface area contributed by atoms with Crippen molar-refractivity contribution in [2.24, 2.45) is 0 Å². The van der Waals surface area contributed by atoms with Crippen LogP contribution in [0.2, 0.25) is 0 Å². The molecule has 2 heterocycles. The van der Waals surface area contributed by atoms with E-state index in [1.165, 1.54) is 0 Å². The van der Waals surface area contributed by atoms with Crippen molar-refractivity contribution in [1.82, 2.24) is 15.0 Å². The Balaban J connectivity index is 2.20. The fourth-order valence-electron chi connectivity index (χ4n) is 2.20. The lowest BCUT2D eigenvalue weighted by Gasteiger charge is -2.08. The van der Waals surface area contributed by atoms with E-state index in [0.717, 1.165) is 22.0 Å². The van der Waals surface area contributed by atoms with Crippen molar-refractivity contribution >= 4 is 16.6 Å². The average molecular weight is 266 g/mol. The quantitative estimate of drug-likeness (QED) is 0.788. The molecule has 100 valence electrons. The number of hydrogen-bond donors (Lipinski definition) is 1. The summed E-state index contributed by atoms with van der Waals surface area (Å²) >= 11 is 0. The molecule has 0 unspecified atom stereocenters. The molecule has 0 aliphatic carbocycles. The van der Waals surface area contributed by atoms with Gasteiger partial charge in [0.1, 0.15) is 12.4 Å². The first-order chi connectivity index (χ1) is 9.78. The van der Waals surface area contributed by atoms with E-state index < -0.39 is 0 Å². The number of fused-ring (bicyclic) bond motifs is 1. The van der Waals surface area contributed by atoms with Crippen molar-refractivity contribution in [3.8, 4) is 11.3 Å². The highest BCUT2D eigenvalue weighted by Gasteiger charge is 2.08. The van der Waals surface area contributed by atoms with Crippen LogP contribution in [0.1, 0.15) is 5.82 Å². The summed E-state index contributed by atoms with van der Waals surface area (Å²) in [5, 5.41) is 2.15. The van der Waals surface area contributed by atoms with Crippen LogP contribution in [0, 0.1) is 0 Å². The van der Waals surface area contributed by atoms with Gasteiger partial charge in [-0.25, -0.2) is 9.97 Å². The van der Waals surface area contributed by atoms with E-state index in [1.807, 2.05) is 30.5 Å². The van der Waals surface area contributed by atoms with Crippen molar-refractivity contribution < 1.29 is 4.74 Å². The van der Waals surface area contributed by atoms with Crippen molar-refractivity contribution in [3.63, 3.8) is 0 Å². The maximum atomic E-state index is 5.85. The molecule has 0 atom stereocenters. The molecule has 5 nitrogen and oxygen atoms in total. The van der Waals surface area contributed by atoms with E-state index in [9.17, 15) is 0 Å². The summed E-state index contributed by atoms with van der Waals surface area (Å²) in [6, 6.07) is 9.76. The van der Waals surface area contributed by atoms with Gasteiger partial charge in [-0.2, -0.15) is 0 Å². The number of anilines is 1. The Bertz CT molecular complexity index is 752. The molecule has 3 rings (SSSR count). The van der Waals surface area contributed by atoms with Crippen molar-refractivity contribution in [3.05, 3.63) is 48.5 Å². The number of benzene rings is 1. The standard InChI is InChI=1S/C15H14N4O/c1-20-9-15-18-13(7-14(16)19-15)12-4-2-3-10-8-17-6-5-11(10)12/h2-8H,9H2,1H3,(H2,16,18,19). The van der Waals surface area contributed by atoms with E-state index in [0.29, 0.717) is 18.2 Å². The zero-order valence-corrected chi connectivity index (χ0v) is 11.1. The van der Waals surface area contributed by atoms with Gasteiger partial charge in [-0.3, -0.25) is 4.98 Å². The predicted molar refractivity (Wildman–Crippen MR) is 77.9 cm³/mol. The minimum Gasteiger partial charge on any atom is -0.384 e. The minimum atomic E-state index is 0.338. The summed E-state index contributed by atoms with van der Waals surface area (Å²) < 4.78 is 5.07. The number of rotatable bonds is 3. The molecule has 0 aliphatic rings. The summed E-state index contributed by atoms with van der Waals surface area (Å²) in [7, 11) is 1.61. The van der Waals surface area contributed by atoms with Gasteiger partial charge in [0.15, 0.2) is 5.82 Å². The van der Waals surface area contributed by atoms with Crippen molar-refractivity contribution in [1.29, 1.82) is 0 Å². The third-order valence-electron chi connectivity index (χ3n) is 3.02. The molecule has 2 aromatic heterocycles. The van der Waals surface area contributed by atoms with Crippen LogP contribution in [0.4, 0.5) is 5.82 Å². The van der Waals surface area contributed by atoms with Gasteiger partial charge in [-0.1, -0.05) is 18.2 Å². The Morgan fingerprint density at radius 3 is 2.95 bits per heavy atom. The topological polar surface area (TPSA) is 73.9 Å². The Hall–Kier alpha value is -2.53. The monoisotopic (exact) mass is 266 g/mol. The van der Waals surface area contributed by atoms with Gasteiger partial charge in [0, 0.05) is 36.5 Å². The summed E-state index contributed by atoms with van der Waals surface area (Å²) in [6.07, 6.45) is 3.60. The van der Waals surface area contributed by atoms with Gasteiger partial charge < -0.3 is 10.5 Å². The van der Waals surface area contributed by atoms with Crippen LogP contribution >= 0.6 is 0 Å². The molecule has 0 saturated carbocycles. The molecule has 20 heavy (non-hydrogen) atoms. The molecule has 2 N–H and O–H groups in total. The molecule has 0 spiro atoms. The largest absolute Gasteiger partial charge is 0.384 e. The van der Waals surface area contributed by atoms with Gasteiger partial charge in [0.2, 0.25) is 0 Å². The van der Waals surface area contributed by atoms with Crippen LogP contribution in [0.15, 0.2) is 42.7 Å². The average Bonchev–Trinajstić information content (AvgIpc) is 2.46. The van der Waals surface area contributed by atoms with Crippen molar-refractivity contribution in [2.45, 2.75) is 6.61 Å². The zero-order chi connectivity index (χ0) is 13.9. The molecule has 0 amide bonds. The number of aromatic nitrogens is 3. The highest BCUT2D eigenvalue weighted by molar-refractivity contribution is 5.95. The number of hydrogen-bond acceptors (Lipinski definition) is 5. The number of nitrogens with zero attached hydrogens (tertiary/aromatic N) is 3. The van der Waals surface area contributed by atoms with Crippen molar-refractivity contribution in [2.75, 3.05) is 12.8 Å². The van der Waals surface area contributed by atoms with E-state index in [1.54, 1.807) is 19.4 Å². The third kappa shape index (κ3) is 2.31. The molecule has 3 aromatic rings. The molecule has 0 aliphatic heterocycles. The minimum absolute atomic E-state index is 0.338. The zero-order valence-electron chi connectivity index (χ0n) is 11.1. The summed E-state index contributed by atoms with van der Waals surface area (Å²) in [4.78, 5) is 12.8. The SMILES string of the molecule is COCc1nc(N)cc(-c2cccc3cnccc23)n1. The second-order valence-corrected chi connectivity index (χ2v) is 4.43. The number of nitrogen functional groups attached to an aromatic ring is 1. The summed E-state index contributed by atoms with van der Waals surface area (Å²) in [6.45, 7) is 0.338. The molecular weight excluding hydrogens is 252 g/mol. The second-order valence-electron chi connectivity index (χ2n) is 4.43. The van der Waals surface area contributed by atoms with E-state index >= 15 is 0 Å². The van der Waals surface area contributed by atoms with Gasteiger partial charge in [-0.05, 0) is 11.5 Å². The van der Waals surface area contributed by atoms with Gasteiger partial charge >= 0.3 is 0 Å².